The van der Waals surface area contributed by atoms with Crippen molar-refractivity contribution >= 4 is 16.5 Å². The summed E-state index contributed by atoms with van der Waals surface area (Å²) in [5.74, 6) is 0. The van der Waals surface area contributed by atoms with E-state index in [1.807, 2.05) is 7.05 Å². The van der Waals surface area contributed by atoms with Gasteiger partial charge in [0.15, 0.2) is 5.13 Å². The minimum Gasteiger partial charge on any atom is -0.359 e. The van der Waals surface area contributed by atoms with Crippen molar-refractivity contribution in [1.82, 2.24) is 10.3 Å². The van der Waals surface area contributed by atoms with E-state index in [1.165, 1.54) is 18.5 Å². The van der Waals surface area contributed by atoms with Gasteiger partial charge in [-0.2, -0.15) is 0 Å². The Bertz CT molecular complexity index is 268. The highest BCUT2D eigenvalue weighted by molar-refractivity contribution is 7.13. The Hall–Kier alpha value is -0.610. The summed E-state index contributed by atoms with van der Waals surface area (Å²) >= 11 is 1.72. The minimum atomic E-state index is 0.711. The number of hydrogen-bond acceptors (Lipinski definition) is 4. The van der Waals surface area contributed by atoms with Gasteiger partial charge in [0, 0.05) is 24.4 Å². The molecule has 0 radical (unpaired) electrons. The predicted octanol–water partition coefficient (Wildman–Crippen LogP) is 1.48. The predicted molar refractivity (Wildman–Crippen MR) is 56.4 cm³/mol. The summed E-state index contributed by atoms with van der Waals surface area (Å²) < 4.78 is 0. The van der Waals surface area contributed by atoms with Gasteiger partial charge in [-0.3, -0.25) is 0 Å². The van der Waals surface area contributed by atoms with Crippen LogP contribution in [0.2, 0.25) is 0 Å². The number of nitrogens with zero attached hydrogens (tertiary/aromatic N) is 1. The summed E-state index contributed by atoms with van der Waals surface area (Å²) in [6.07, 6.45) is 3.65. The van der Waals surface area contributed by atoms with E-state index in [9.17, 15) is 0 Å². The van der Waals surface area contributed by atoms with Crippen molar-refractivity contribution in [2.75, 3.05) is 18.9 Å². The summed E-state index contributed by atoms with van der Waals surface area (Å²) in [4.78, 5) is 4.50. The highest BCUT2D eigenvalue weighted by atomic mass is 32.1. The zero-order valence-corrected chi connectivity index (χ0v) is 8.66. The molecule has 1 heterocycles. The van der Waals surface area contributed by atoms with E-state index >= 15 is 0 Å². The van der Waals surface area contributed by atoms with E-state index in [0.29, 0.717) is 6.04 Å². The van der Waals surface area contributed by atoms with Crippen LogP contribution in [-0.4, -0.2) is 24.6 Å². The number of nitrogens with one attached hydrogen (secondary N) is 2. The van der Waals surface area contributed by atoms with Gasteiger partial charge in [-0.1, -0.05) is 0 Å². The van der Waals surface area contributed by atoms with Crippen LogP contribution < -0.4 is 10.6 Å². The van der Waals surface area contributed by atoms with E-state index in [-0.39, 0.29) is 0 Å². The molecule has 0 bridgehead atoms. The molecule has 4 heteroatoms. The first-order chi connectivity index (χ1) is 6.38. The monoisotopic (exact) mass is 197 g/mol. The smallest absolute Gasteiger partial charge is 0.183 e. The second-order valence-electron chi connectivity index (χ2n) is 3.42. The van der Waals surface area contributed by atoms with Gasteiger partial charge in [0.2, 0.25) is 0 Å². The molecular weight excluding hydrogens is 182 g/mol. The lowest BCUT2D eigenvalue weighted by molar-refractivity contribution is 0.780. The van der Waals surface area contributed by atoms with Crippen molar-refractivity contribution in [3.05, 3.63) is 11.1 Å². The Morgan fingerprint density at radius 2 is 2.46 bits per heavy atom. The first-order valence-electron chi connectivity index (χ1n) is 4.74. The average molecular weight is 197 g/mol. The lowest BCUT2D eigenvalue weighted by atomic mass is 10.3. The van der Waals surface area contributed by atoms with Crippen molar-refractivity contribution < 1.29 is 0 Å². The van der Waals surface area contributed by atoms with Gasteiger partial charge in [0.25, 0.3) is 0 Å². The number of rotatable bonds is 5. The molecule has 0 amide bonds. The number of hydrogen-bond donors (Lipinski definition) is 2. The second kappa shape index (κ2) is 4.07. The molecule has 0 atom stereocenters. The molecule has 0 spiro atoms. The molecule has 0 saturated heterocycles. The maximum atomic E-state index is 4.50. The summed E-state index contributed by atoms with van der Waals surface area (Å²) in [7, 11) is 1.97. The van der Waals surface area contributed by atoms with Gasteiger partial charge in [0.05, 0.1) is 5.69 Å². The maximum Gasteiger partial charge on any atom is 0.183 e. The Balaban J connectivity index is 1.84. The first kappa shape index (κ1) is 8.97. The fourth-order valence-electron chi connectivity index (χ4n) is 1.14. The Morgan fingerprint density at radius 3 is 3.15 bits per heavy atom. The van der Waals surface area contributed by atoms with E-state index in [0.717, 1.165) is 18.1 Å². The van der Waals surface area contributed by atoms with E-state index < -0.39 is 0 Å². The molecule has 0 unspecified atom stereocenters. The van der Waals surface area contributed by atoms with Crippen molar-refractivity contribution in [3.63, 3.8) is 0 Å². The SMILES string of the molecule is CNCCc1csc(NC2CC2)n1. The third-order valence-corrected chi connectivity index (χ3v) is 2.91. The number of anilines is 1. The van der Waals surface area contributed by atoms with E-state index in [4.69, 9.17) is 0 Å². The molecule has 2 N–H and O–H groups in total. The molecule has 0 aliphatic heterocycles. The average Bonchev–Trinajstić information content (AvgIpc) is 2.81. The Labute approximate surface area is 82.6 Å². The van der Waals surface area contributed by atoms with Crippen LogP contribution >= 0.6 is 11.3 Å². The highest BCUT2D eigenvalue weighted by Gasteiger charge is 2.21. The van der Waals surface area contributed by atoms with Gasteiger partial charge in [-0.15, -0.1) is 11.3 Å². The van der Waals surface area contributed by atoms with Crippen LogP contribution in [-0.2, 0) is 6.42 Å². The maximum absolute atomic E-state index is 4.50. The van der Waals surface area contributed by atoms with Crippen molar-refractivity contribution in [3.8, 4) is 0 Å². The van der Waals surface area contributed by atoms with Crippen LogP contribution in [0.1, 0.15) is 18.5 Å². The van der Waals surface area contributed by atoms with Crippen LogP contribution in [0.4, 0.5) is 5.13 Å². The van der Waals surface area contributed by atoms with Crippen molar-refractivity contribution in [1.29, 1.82) is 0 Å². The van der Waals surface area contributed by atoms with Crippen LogP contribution in [0, 0.1) is 0 Å². The number of thiazole rings is 1. The Morgan fingerprint density at radius 1 is 1.62 bits per heavy atom. The van der Waals surface area contributed by atoms with Crippen LogP contribution in [0.25, 0.3) is 0 Å². The van der Waals surface area contributed by atoms with Crippen LogP contribution in [0.3, 0.4) is 0 Å². The zero-order chi connectivity index (χ0) is 9.10. The third kappa shape index (κ3) is 2.67. The van der Waals surface area contributed by atoms with Crippen molar-refractivity contribution in [2.45, 2.75) is 25.3 Å². The molecule has 1 aliphatic rings. The molecule has 1 aromatic rings. The fraction of sp³-hybridized carbons (Fsp3) is 0.667. The normalized spacial score (nSPS) is 16.1. The van der Waals surface area contributed by atoms with Gasteiger partial charge in [0.1, 0.15) is 0 Å². The van der Waals surface area contributed by atoms with Crippen molar-refractivity contribution in [2.24, 2.45) is 0 Å². The fourth-order valence-corrected chi connectivity index (χ4v) is 1.97. The summed E-state index contributed by atoms with van der Waals surface area (Å²) in [5, 5.41) is 9.75. The Kier molecular flexibility index (Phi) is 2.80. The van der Waals surface area contributed by atoms with E-state index in [1.54, 1.807) is 11.3 Å². The third-order valence-electron chi connectivity index (χ3n) is 2.09. The van der Waals surface area contributed by atoms with Crippen LogP contribution in [0.5, 0.6) is 0 Å². The molecule has 0 aromatic carbocycles. The molecule has 72 valence electrons. The summed E-state index contributed by atoms with van der Waals surface area (Å²) in [6.45, 7) is 1.01. The largest absolute Gasteiger partial charge is 0.359 e. The lowest BCUT2D eigenvalue weighted by Gasteiger charge is -1.97. The zero-order valence-electron chi connectivity index (χ0n) is 7.84. The molecule has 3 nitrogen and oxygen atoms in total. The molecule has 2 rings (SSSR count). The van der Waals surface area contributed by atoms with Gasteiger partial charge < -0.3 is 10.6 Å². The molecular formula is C9H15N3S. The highest BCUT2D eigenvalue weighted by Crippen LogP contribution is 2.26. The van der Waals surface area contributed by atoms with Gasteiger partial charge >= 0.3 is 0 Å². The topological polar surface area (TPSA) is 37.0 Å². The summed E-state index contributed by atoms with van der Waals surface area (Å²) in [6, 6.07) is 0.711. The molecule has 1 aromatic heterocycles. The molecule has 13 heavy (non-hydrogen) atoms. The first-order valence-corrected chi connectivity index (χ1v) is 5.62. The number of aromatic nitrogens is 1. The molecule has 1 aliphatic carbocycles. The second-order valence-corrected chi connectivity index (χ2v) is 4.27. The van der Waals surface area contributed by atoms with E-state index in [2.05, 4.69) is 21.0 Å². The van der Waals surface area contributed by atoms with Gasteiger partial charge in [-0.25, -0.2) is 4.98 Å². The lowest BCUT2D eigenvalue weighted by Crippen LogP contribution is -2.10. The molecule has 1 fully saturated rings. The molecule has 1 saturated carbocycles. The summed E-state index contributed by atoms with van der Waals surface area (Å²) in [5.41, 5.74) is 1.20. The quantitative estimate of drug-likeness (QED) is 0.750. The van der Waals surface area contributed by atoms with Gasteiger partial charge in [-0.05, 0) is 19.9 Å². The standard InChI is InChI=1S/C9H15N3S/c1-10-5-4-8-6-13-9(12-8)11-7-2-3-7/h6-7,10H,2-5H2,1H3,(H,11,12). The number of likely N-dealkylation sites (N-methyl/N-ethyl adjacent to an activating group) is 1. The minimum absolute atomic E-state index is 0.711. The van der Waals surface area contributed by atoms with Crippen LogP contribution in [0.15, 0.2) is 5.38 Å².